The van der Waals surface area contributed by atoms with E-state index in [0.29, 0.717) is 6.04 Å². The van der Waals surface area contributed by atoms with E-state index in [-0.39, 0.29) is 0 Å². The number of aryl methyl sites for hydroxylation is 2. The third-order valence-electron chi connectivity index (χ3n) is 4.34. The predicted octanol–water partition coefficient (Wildman–Crippen LogP) is 3.64. The van der Waals surface area contributed by atoms with E-state index in [2.05, 4.69) is 53.9 Å². The monoisotopic (exact) mass is 313 g/mol. The van der Waals surface area contributed by atoms with E-state index in [0.717, 1.165) is 16.9 Å². The Labute approximate surface area is 119 Å². The van der Waals surface area contributed by atoms with Gasteiger partial charge in [0, 0.05) is 31.0 Å². The summed E-state index contributed by atoms with van der Waals surface area (Å²) < 4.78 is 2.03. The summed E-state index contributed by atoms with van der Waals surface area (Å²) in [6.45, 7) is 4.48. The molecular formula is C14H24BrN3. The summed E-state index contributed by atoms with van der Waals surface area (Å²) in [4.78, 5) is 2.46. The summed E-state index contributed by atoms with van der Waals surface area (Å²) in [5.74, 6) is 2.06. The fourth-order valence-corrected chi connectivity index (χ4v) is 3.97. The minimum Gasteiger partial charge on any atom is -0.356 e. The summed E-state index contributed by atoms with van der Waals surface area (Å²) >= 11 is 3.60. The van der Waals surface area contributed by atoms with Crippen LogP contribution in [0.4, 0.5) is 5.82 Å². The lowest BCUT2D eigenvalue weighted by Crippen LogP contribution is -2.40. The molecular weight excluding hydrogens is 290 g/mol. The van der Waals surface area contributed by atoms with E-state index in [1.54, 1.807) is 0 Å². The van der Waals surface area contributed by atoms with Crippen molar-refractivity contribution in [2.75, 3.05) is 11.9 Å². The van der Waals surface area contributed by atoms with Crippen molar-refractivity contribution in [3.63, 3.8) is 0 Å². The van der Waals surface area contributed by atoms with Gasteiger partial charge in [-0.05, 0) is 25.7 Å². The van der Waals surface area contributed by atoms with Crippen molar-refractivity contribution in [3.05, 3.63) is 11.3 Å². The summed E-state index contributed by atoms with van der Waals surface area (Å²) in [5, 5.41) is 5.45. The number of hydrogen-bond acceptors (Lipinski definition) is 2. The second-order valence-electron chi connectivity index (χ2n) is 5.58. The first kappa shape index (κ1) is 13.9. The SMILES string of the molecule is Cc1nn(C)c(N(C)C2CCCCC2C)c1CBr. The Hall–Kier alpha value is -0.510. The fraction of sp³-hybridized carbons (Fsp3) is 0.786. The van der Waals surface area contributed by atoms with Crippen molar-refractivity contribution in [1.82, 2.24) is 9.78 Å². The lowest BCUT2D eigenvalue weighted by atomic mass is 9.85. The minimum atomic E-state index is 0.659. The van der Waals surface area contributed by atoms with Crippen LogP contribution in [-0.2, 0) is 12.4 Å². The zero-order valence-corrected chi connectivity index (χ0v) is 13.5. The van der Waals surface area contributed by atoms with Gasteiger partial charge < -0.3 is 4.90 Å². The predicted molar refractivity (Wildman–Crippen MR) is 80.4 cm³/mol. The van der Waals surface area contributed by atoms with Crippen molar-refractivity contribution >= 4 is 21.7 Å². The van der Waals surface area contributed by atoms with Gasteiger partial charge in [0.15, 0.2) is 0 Å². The molecule has 0 radical (unpaired) electrons. The quantitative estimate of drug-likeness (QED) is 0.794. The molecule has 1 fully saturated rings. The summed E-state index contributed by atoms with van der Waals surface area (Å²) in [5.41, 5.74) is 2.47. The second kappa shape index (κ2) is 5.64. The van der Waals surface area contributed by atoms with Gasteiger partial charge in [0.2, 0.25) is 0 Å². The molecule has 0 saturated heterocycles. The molecule has 3 nitrogen and oxygen atoms in total. The minimum absolute atomic E-state index is 0.659. The van der Waals surface area contributed by atoms with Crippen molar-refractivity contribution in [2.45, 2.75) is 50.9 Å². The molecule has 0 bridgehead atoms. The molecule has 1 aliphatic carbocycles. The van der Waals surface area contributed by atoms with Crippen molar-refractivity contribution < 1.29 is 0 Å². The third kappa shape index (κ3) is 2.44. The molecule has 1 aromatic heterocycles. The van der Waals surface area contributed by atoms with Gasteiger partial charge in [0.1, 0.15) is 5.82 Å². The average Bonchev–Trinajstić information content (AvgIpc) is 2.63. The molecule has 1 heterocycles. The summed E-state index contributed by atoms with van der Waals surface area (Å²) in [6.07, 6.45) is 5.42. The Morgan fingerprint density at radius 1 is 1.39 bits per heavy atom. The molecule has 0 spiro atoms. The molecule has 0 aliphatic heterocycles. The number of hydrogen-bond donors (Lipinski definition) is 0. The Morgan fingerprint density at radius 3 is 2.67 bits per heavy atom. The van der Waals surface area contributed by atoms with Gasteiger partial charge in [0.25, 0.3) is 0 Å². The van der Waals surface area contributed by atoms with Gasteiger partial charge in [-0.1, -0.05) is 35.7 Å². The Bertz CT molecular complexity index is 413. The molecule has 1 saturated carbocycles. The number of rotatable bonds is 3. The molecule has 1 aromatic rings. The van der Waals surface area contributed by atoms with Crippen molar-refractivity contribution in [1.29, 1.82) is 0 Å². The first-order chi connectivity index (χ1) is 8.56. The van der Waals surface area contributed by atoms with Crippen LogP contribution in [0.1, 0.15) is 43.9 Å². The van der Waals surface area contributed by atoms with Crippen LogP contribution in [0.5, 0.6) is 0 Å². The van der Waals surface area contributed by atoms with E-state index < -0.39 is 0 Å². The molecule has 2 unspecified atom stereocenters. The lowest BCUT2D eigenvalue weighted by molar-refractivity contribution is 0.319. The maximum Gasteiger partial charge on any atom is 0.130 e. The topological polar surface area (TPSA) is 21.1 Å². The van der Waals surface area contributed by atoms with Crippen LogP contribution >= 0.6 is 15.9 Å². The highest BCUT2D eigenvalue weighted by molar-refractivity contribution is 9.08. The van der Waals surface area contributed by atoms with E-state index >= 15 is 0 Å². The molecule has 18 heavy (non-hydrogen) atoms. The van der Waals surface area contributed by atoms with Gasteiger partial charge in [-0.15, -0.1) is 0 Å². The standard InChI is InChI=1S/C14H24BrN3/c1-10-7-5-6-8-13(10)17(3)14-12(9-15)11(2)16-18(14)4/h10,13H,5-9H2,1-4H3. The van der Waals surface area contributed by atoms with E-state index in [1.807, 2.05) is 4.68 Å². The molecule has 0 amide bonds. The van der Waals surface area contributed by atoms with Crippen LogP contribution in [0, 0.1) is 12.8 Å². The largest absolute Gasteiger partial charge is 0.356 e. The van der Waals surface area contributed by atoms with Crippen LogP contribution in [0.15, 0.2) is 0 Å². The number of nitrogens with zero attached hydrogens (tertiary/aromatic N) is 3. The van der Waals surface area contributed by atoms with Crippen LogP contribution in [0.3, 0.4) is 0 Å². The summed E-state index contributed by atoms with van der Waals surface area (Å²) in [6, 6.07) is 0.659. The maximum absolute atomic E-state index is 4.57. The van der Waals surface area contributed by atoms with E-state index in [9.17, 15) is 0 Å². The number of alkyl halides is 1. The van der Waals surface area contributed by atoms with Crippen molar-refractivity contribution in [3.8, 4) is 0 Å². The first-order valence-corrected chi connectivity index (χ1v) is 7.99. The third-order valence-corrected chi connectivity index (χ3v) is 4.91. The molecule has 1 aliphatic rings. The molecule has 2 atom stereocenters. The normalized spacial score (nSPS) is 24.3. The fourth-order valence-electron chi connectivity index (χ4n) is 3.32. The Balaban J connectivity index is 2.29. The molecule has 0 N–H and O–H groups in total. The highest BCUT2D eigenvalue weighted by Crippen LogP contribution is 2.33. The second-order valence-corrected chi connectivity index (χ2v) is 6.15. The molecule has 0 aromatic carbocycles. The Kier molecular flexibility index (Phi) is 4.36. The van der Waals surface area contributed by atoms with Crippen LogP contribution in [0.25, 0.3) is 0 Å². The smallest absolute Gasteiger partial charge is 0.130 e. The zero-order chi connectivity index (χ0) is 13.3. The molecule has 4 heteroatoms. The number of anilines is 1. The molecule has 2 rings (SSSR count). The van der Waals surface area contributed by atoms with E-state index in [4.69, 9.17) is 0 Å². The highest BCUT2D eigenvalue weighted by atomic mass is 79.9. The van der Waals surface area contributed by atoms with Gasteiger partial charge >= 0.3 is 0 Å². The first-order valence-electron chi connectivity index (χ1n) is 6.87. The van der Waals surface area contributed by atoms with Gasteiger partial charge in [-0.3, -0.25) is 4.68 Å². The Morgan fingerprint density at radius 2 is 2.06 bits per heavy atom. The number of aromatic nitrogens is 2. The average molecular weight is 314 g/mol. The van der Waals surface area contributed by atoms with E-state index in [1.165, 1.54) is 37.1 Å². The maximum atomic E-state index is 4.57. The molecule has 102 valence electrons. The van der Waals surface area contributed by atoms with Crippen molar-refractivity contribution in [2.24, 2.45) is 13.0 Å². The van der Waals surface area contributed by atoms with Gasteiger partial charge in [-0.2, -0.15) is 5.10 Å². The summed E-state index contributed by atoms with van der Waals surface area (Å²) in [7, 11) is 4.29. The van der Waals surface area contributed by atoms with Crippen LogP contribution in [0.2, 0.25) is 0 Å². The lowest BCUT2D eigenvalue weighted by Gasteiger charge is -2.37. The van der Waals surface area contributed by atoms with Crippen LogP contribution < -0.4 is 4.90 Å². The van der Waals surface area contributed by atoms with Gasteiger partial charge in [-0.25, -0.2) is 0 Å². The van der Waals surface area contributed by atoms with Crippen LogP contribution in [-0.4, -0.2) is 22.9 Å². The zero-order valence-electron chi connectivity index (χ0n) is 11.9. The van der Waals surface area contributed by atoms with Gasteiger partial charge in [0.05, 0.1) is 5.69 Å². The highest BCUT2D eigenvalue weighted by Gasteiger charge is 2.28. The number of halogens is 1.